The van der Waals surface area contributed by atoms with E-state index in [4.69, 9.17) is 0 Å². The van der Waals surface area contributed by atoms with Gasteiger partial charge in [-0.3, -0.25) is 4.79 Å². The van der Waals surface area contributed by atoms with E-state index < -0.39 is 11.6 Å². The van der Waals surface area contributed by atoms with Crippen LogP contribution in [-0.4, -0.2) is 20.9 Å². The third-order valence-corrected chi connectivity index (χ3v) is 4.50. The second-order valence-corrected chi connectivity index (χ2v) is 7.28. The Morgan fingerprint density at radius 1 is 1.11 bits per heavy atom. The van der Waals surface area contributed by atoms with E-state index in [2.05, 4.69) is 20.3 Å². The lowest BCUT2D eigenvalue weighted by molar-refractivity contribution is 0.102. The molecule has 0 aliphatic heterocycles. The van der Waals surface area contributed by atoms with E-state index in [1.165, 1.54) is 0 Å². The first-order valence-electron chi connectivity index (χ1n) is 9.28. The van der Waals surface area contributed by atoms with Gasteiger partial charge < -0.3 is 10.3 Å². The second-order valence-electron chi connectivity index (χ2n) is 7.28. The number of benzene rings is 1. The summed E-state index contributed by atoms with van der Waals surface area (Å²) in [5, 5.41) is 2.78. The molecule has 2 heterocycles. The Kier molecular flexibility index (Phi) is 5.68. The molecule has 1 amide bonds. The van der Waals surface area contributed by atoms with Gasteiger partial charge in [0.25, 0.3) is 5.91 Å². The average molecular weight is 376 g/mol. The molecule has 3 rings (SSSR count). The van der Waals surface area contributed by atoms with Gasteiger partial charge in [-0.05, 0) is 55.0 Å². The number of carbonyl (C=O) groups excluding carboxylic acids is 1. The van der Waals surface area contributed by atoms with Crippen LogP contribution in [0.25, 0.3) is 11.1 Å². The number of amides is 1. The highest BCUT2D eigenvalue weighted by Crippen LogP contribution is 2.27. The van der Waals surface area contributed by atoms with Crippen molar-refractivity contribution in [3.05, 3.63) is 75.6 Å². The summed E-state index contributed by atoms with van der Waals surface area (Å²) < 4.78 is 0. The monoisotopic (exact) mass is 376 g/mol. The normalized spacial score (nSPS) is 10.9. The molecule has 28 heavy (non-hydrogen) atoms. The predicted molar refractivity (Wildman–Crippen MR) is 110 cm³/mol. The summed E-state index contributed by atoms with van der Waals surface area (Å²) in [6.45, 7) is 8.00. The van der Waals surface area contributed by atoms with E-state index in [1.54, 1.807) is 6.07 Å². The fraction of sp³-hybridized carbons (Fsp3) is 0.273. The molecule has 1 aromatic carbocycles. The van der Waals surface area contributed by atoms with Crippen LogP contribution in [0.5, 0.6) is 0 Å². The van der Waals surface area contributed by atoms with E-state index in [0.717, 1.165) is 22.4 Å². The van der Waals surface area contributed by atoms with Crippen molar-refractivity contribution in [1.82, 2.24) is 15.0 Å². The highest BCUT2D eigenvalue weighted by molar-refractivity contribution is 6.02. The van der Waals surface area contributed by atoms with Gasteiger partial charge in [0.1, 0.15) is 11.5 Å². The Bertz CT molecular complexity index is 1060. The molecule has 0 fully saturated rings. The summed E-state index contributed by atoms with van der Waals surface area (Å²) in [4.78, 5) is 35.5. The minimum Gasteiger partial charge on any atom is -0.310 e. The van der Waals surface area contributed by atoms with Crippen LogP contribution in [0, 0.1) is 19.8 Å². The second kappa shape index (κ2) is 8.17. The highest BCUT2D eigenvalue weighted by Gasteiger charge is 2.14. The SMILES string of the molecule is Cc1nc(NC(=O)c2cc(CC(C)C)[nH]c(=O)n2)cc(-c2ccccc2)c1C. The van der Waals surface area contributed by atoms with Crippen molar-refractivity contribution in [2.75, 3.05) is 5.32 Å². The molecule has 0 aliphatic rings. The van der Waals surface area contributed by atoms with Crippen molar-refractivity contribution in [3.8, 4) is 11.1 Å². The molecule has 0 saturated carbocycles. The average Bonchev–Trinajstić information content (AvgIpc) is 2.64. The zero-order valence-corrected chi connectivity index (χ0v) is 16.5. The highest BCUT2D eigenvalue weighted by atomic mass is 16.2. The quantitative estimate of drug-likeness (QED) is 0.707. The lowest BCUT2D eigenvalue weighted by Gasteiger charge is -2.12. The molecular weight excluding hydrogens is 352 g/mol. The van der Waals surface area contributed by atoms with Crippen molar-refractivity contribution in [3.63, 3.8) is 0 Å². The lowest BCUT2D eigenvalue weighted by atomic mass is 10.0. The summed E-state index contributed by atoms with van der Waals surface area (Å²) in [5.41, 5.74) is 4.19. The topological polar surface area (TPSA) is 87.7 Å². The van der Waals surface area contributed by atoms with Crippen molar-refractivity contribution in [1.29, 1.82) is 0 Å². The first-order valence-corrected chi connectivity index (χ1v) is 9.28. The molecule has 6 nitrogen and oxygen atoms in total. The zero-order chi connectivity index (χ0) is 20.3. The third kappa shape index (κ3) is 4.52. The number of hydrogen-bond donors (Lipinski definition) is 2. The number of rotatable bonds is 5. The summed E-state index contributed by atoms with van der Waals surface area (Å²) in [6.07, 6.45) is 0.665. The van der Waals surface area contributed by atoms with Crippen LogP contribution < -0.4 is 11.0 Å². The molecule has 0 atom stereocenters. The maximum Gasteiger partial charge on any atom is 0.345 e. The summed E-state index contributed by atoms with van der Waals surface area (Å²) in [5.74, 6) is 0.328. The summed E-state index contributed by atoms with van der Waals surface area (Å²) >= 11 is 0. The first-order chi connectivity index (χ1) is 13.3. The molecule has 2 N–H and O–H groups in total. The molecule has 0 unspecified atom stereocenters. The fourth-order valence-corrected chi connectivity index (χ4v) is 3.07. The van der Waals surface area contributed by atoms with E-state index in [9.17, 15) is 9.59 Å². The number of aryl methyl sites for hydroxylation is 1. The number of H-pyrrole nitrogens is 1. The van der Waals surface area contributed by atoms with Crippen LogP contribution in [-0.2, 0) is 6.42 Å². The van der Waals surface area contributed by atoms with E-state index in [0.29, 0.717) is 23.9 Å². The smallest absolute Gasteiger partial charge is 0.310 e. The largest absolute Gasteiger partial charge is 0.345 e. The fourth-order valence-electron chi connectivity index (χ4n) is 3.07. The maximum absolute atomic E-state index is 12.7. The molecule has 0 bridgehead atoms. The molecule has 0 radical (unpaired) electrons. The Morgan fingerprint density at radius 3 is 2.50 bits per heavy atom. The number of pyridine rings is 1. The number of nitrogens with one attached hydrogen (secondary N) is 2. The van der Waals surface area contributed by atoms with E-state index in [-0.39, 0.29) is 5.69 Å². The molecule has 3 aromatic rings. The van der Waals surface area contributed by atoms with Gasteiger partial charge >= 0.3 is 5.69 Å². The number of aromatic nitrogens is 3. The Morgan fingerprint density at radius 2 is 1.82 bits per heavy atom. The lowest BCUT2D eigenvalue weighted by Crippen LogP contribution is -2.23. The van der Waals surface area contributed by atoms with Gasteiger partial charge in [0.05, 0.1) is 0 Å². The molecule has 144 valence electrons. The van der Waals surface area contributed by atoms with Gasteiger partial charge in [-0.1, -0.05) is 44.2 Å². The molecular formula is C22H24N4O2. The molecule has 0 aliphatic carbocycles. The number of hydrogen-bond acceptors (Lipinski definition) is 4. The van der Waals surface area contributed by atoms with Gasteiger partial charge in [0.2, 0.25) is 0 Å². The molecule has 6 heteroatoms. The number of anilines is 1. The number of aromatic amines is 1. The van der Waals surface area contributed by atoms with Crippen LogP contribution in [0.2, 0.25) is 0 Å². The number of nitrogens with zero attached hydrogens (tertiary/aromatic N) is 2. The molecule has 0 spiro atoms. The molecule has 0 saturated heterocycles. The van der Waals surface area contributed by atoms with Crippen LogP contribution >= 0.6 is 0 Å². The number of carbonyl (C=O) groups is 1. The standard InChI is InChI=1S/C22H24N4O2/c1-13(2)10-17-11-19(25-22(28)24-17)21(27)26-20-12-18(14(3)15(4)23-20)16-8-6-5-7-9-16/h5-9,11-13H,10H2,1-4H3,(H,23,26,27)(H,24,25,28). The first kappa shape index (κ1) is 19.5. The zero-order valence-electron chi connectivity index (χ0n) is 16.5. The van der Waals surface area contributed by atoms with Crippen LogP contribution in [0.1, 0.15) is 41.3 Å². The van der Waals surface area contributed by atoms with Crippen LogP contribution in [0.15, 0.2) is 47.3 Å². The van der Waals surface area contributed by atoms with Gasteiger partial charge in [-0.15, -0.1) is 0 Å². The van der Waals surface area contributed by atoms with Crippen LogP contribution in [0.4, 0.5) is 5.82 Å². The van der Waals surface area contributed by atoms with Crippen molar-refractivity contribution in [2.45, 2.75) is 34.1 Å². The van der Waals surface area contributed by atoms with Gasteiger partial charge in [-0.2, -0.15) is 4.98 Å². The van der Waals surface area contributed by atoms with Crippen molar-refractivity contribution in [2.24, 2.45) is 5.92 Å². The molecule has 2 aromatic heterocycles. The minimum atomic E-state index is -0.527. The van der Waals surface area contributed by atoms with Gasteiger partial charge in [0, 0.05) is 11.4 Å². The van der Waals surface area contributed by atoms with Crippen molar-refractivity contribution < 1.29 is 4.79 Å². The van der Waals surface area contributed by atoms with Crippen LogP contribution in [0.3, 0.4) is 0 Å². The van der Waals surface area contributed by atoms with Gasteiger partial charge in [-0.25, -0.2) is 9.78 Å². The summed E-state index contributed by atoms with van der Waals surface area (Å²) in [7, 11) is 0. The Balaban J connectivity index is 1.92. The maximum atomic E-state index is 12.7. The Hall–Kier alpha value is -3.28. The summed E-state index contributed by atoms with van der Waals surface area (Å²) in [6, 6.07) is 13.4. The van der Waals surface area contributed by atoms with Crippen molar-refractivity contribution >= 4 is 11.7 Å². The predicted octanol–water partition coefficient (Wildman–Crippen LogP) is 3.90. The van der Waals surface area contributed by atoms with E-state index >= 15 is 0 Å². The minimum absolute atomic E-state index is 0.0840. The third-order valence-electron chi connectivity index (χ3n) is 4.50. The Labute approximate surface area is 164 Å². The van der Waals surface area contributed by atoms with E-state index in [1.807, 2.05) is 64.1 Å². The van der Waals surface area contributed by atoms with Gasteiger partial charge in [0.15, 0.2) is 0 Å².